The van der Waals surface area contributed by atoms with Crippen molar-refractivity contribution in [1.82, 2.24) is 14.8 Å². The summed E-state index contributed by atoms with van der Waals surface area (Å²) < 4.78 is 2.17. The lowest BCUT2D eigenvalue weighted by Gasteiger charge is -2.18. The van der Waals surface area contributed by atoms with Crippen molar-refractivity contribution in [2.75, 3.05) is 0 Å². The quantitative estimate of drug-likeness (QED) is 0.775. The lowest BCUT2D eigenvalue weighted by molar-refractivity contribution is 0.445. The third-order valence-electron chi connectivity index (χ3n) is 3.78. The van der Waals surface area contributed by atoms with E-state index in [0.717, 1.165) is 17.7 Å². The van der Waals surface area contributed by atoms with Gasteiger partial charge in [0.1, 0.15) is 5.82 Å². The maximum Gasteiger partial charge on any atom is 0.225 e. The molecule has 1 aromatic rings. The van der Waals surface area contributed by atoms with E-state index in [1.54, 1.807) is 0 Å². The molecule has 2 aliphatic carbocycles. The van der Waals surface area contributed by atoms with Gasteiger partial charge in [0, 0.05) is 12.0 Å². The summed E-state index contributed by atoms with van der Waals surface area (Å²) in [4.78, 5) is 0. The number of nitrogens with zero attached hydrogens (tertiary/aromatic N) is 3. The number of hydrogen-bond acceptors (Lipinski definition) is 2. The maximum atomic E-state index is 6.12. The average molecular weight is 226 g/mol. The van der Waals surface area contributed by atoms with Gasteiger partial charge in [-0.25, -0.2) is 0 Å². The van der Waals surface area contributed by atoms with E-state index in [0.29, 0.717) is 17.2 Å². The fourth-order valence-corrected chi connectivity index (χ4v) is 3.17. The van der Waals surface area contributed by atoms with E-state index in [-0.39, 0.29) is 0 Å². The number of rotatable bonds is 2. The van der Waals surface area contributed by atoms with Crippen molar-refractivity contribution in [2.24, 2.45) is 11.8 Å². The number of aromatic nitrogens is 3. The zero-order valence-electron chi connectivity index (χ0n) is 9.15. The molecule has 2 unspecified atom stereocenters. The first-order valence-corrected chi connectivity index (χ1v) is 6.15. The summed E-state index contributed by atoms with van der Waals surface area (Å²) in [7, 11) is 0. The summed E-state index contributed by atoms with van der Waals surface area (Å²) in [6.45, 7) is 4.29. The molecule has 1 aromatic heterocycles. The van der Waals surface area contributed by atoms with Crippen LogP contribution in [0.15, 0.2) is 0 Å². The van der Waals surface area contributed by atoms with Crippen molar-refractivity contribution in [2.45, 2.75) is 45.1 Å². The molecule has 2 atom stereocenters. The van der Waals surface area contributed by atoms with Gasteiger partial charge in [-0.15, -0.1) is 10.2 Å². The Labute approximate surface area is 94.8 Å². The van der Waals surface area contributed by atoms with Crippen LogP contribution in [0.25, 0.3) is 0 Å². The first kappa shape index (κ1) is 9.64. The van der Waals surface area contributed by atoms with Gasteiger partial charge in [0.2, 0.25) is 5.28 Å². The Hall–Kier alpha value is -0.570. The molecule has 0 bridgehead atoms. The molecule has 2 aliphatic rings. The van der Waals surface area contributed by atoms with E-state index < -0.39 is 0 Å². The molecule has 2 saturated carbocycles. The lowest BCUT2D eigenvalue weighted by atomic mass is 10.1. The van der Waals surface area contributed by atoms with Crippen molar-refractivity contribution in [3.05, 3.63) is 11.1 Å². The highest BCUT2D eigenvalue weighted by Crippen LogP contribution is 2.56. The molecule has 0 amide bonds. The normalized spacial score (nSPS) is 33.5. The highest BCUT2D eigenvalue weighted by atomic mass is 35.5. The molecule has 2 fully saturated rings. The van der Waals surface area contributed by atoms with E-state index in [1.165, 1.54) is 19.3 Å². The van der Waals surface area contributed by atoms with Crippen LogP contribution in [0.3, 0.4) is 0 Å². The predicted molar refractivity (Wildman–Crippen MR) is 59.0 cm³/mol. The Kier molecular flexibility index (Phi) is 2.06. The first-order valence-electron chi connectivity index (χ1n) is 5.77. The molecule has 4 heteroatoms. The molecular formula is C11H16ClN3. The molecular weight excluding hydrogens is 210 g/mol. The number of hydrogen-bond donors (Lipinski definition) is 0. The van der Waals surface area contributed by atoms with Crippen LogP contribution < -0.4 is 0 Å². The fourth-order valence-electron chi connectivity index (χ4n) is 2.91. The zero-order valence-corrected chi connectivity index (χ0v) is 9.91. The molecule has 3 nitrogen and oxygen atoms in total. The third kappa shape index (κ3) is 1.48. The van der Waals surface area contributed by atoms with Gasteiger partial charge in [0.25, 0.3) is 0 Å². The Bertz CT molecular complexity index is 375. The number of halogens is 1. The van der Waals surface area contributed by atoms with Crippen LogP contribution in [0.2, 0.25) is 5.28 Å². The molecule has 0 aromatic carbocycles. The number of fused-ring (bicyclic) bond motifs is 1. The molecule has 82 valence electrons. The van der Waals surface area contributed by atoms with Gasteiger partial charge in [-0.3, -0.25) is 4.57 Å². The van der Waals surface area contributed by atoms with Crippen LogP contribution in [0, 0.1) is 11.8 Å². The molecule has 15 heavy (non-hydrogen) atoms. The summed E-state index contributed by atoms with van der Waals surface area (Å²) >= 11 is 6.12. The van der Waals surface area contributed by atoms with Gasteiger partial charge >= 0.3 is 0 Å². The van der Waals surface area contributed by atoms with Crippen LogP contribution in [0.1, 0.15) is 50.9 Å². The van der Waals surface area contributed by atoms with Crippen LogP contribution in [0.5, 0.6) is 0 Å². The van der Waals surface area contributed by atoms with E-state index in [1.807, 2.05) is 0 Å². The van der Waals surface area contributed by atoms with Gasteiger partial charge in [-0.2, -0.15) is 0 Å². The highest BCUT2D eigenvalue weighted by Gasteiger charge is 2.47. The van der Waals surface area contributed by atoms with Crippen molar-refractivity contribution < 1.29 is 0 Å². The van der Waals surface area contributed by atoms with Crippen molar-refractivity contribution in [3.8, 4) is 0 Å². The molecule has 0 N–H and O–H groups in total. The van der Waals surface area contributed by atoms with Gasteiger partial charge in [0.15, 0.2) is 0 Å². The topological polar surface area (TPSA) is 30.7 Å². The smallest absolute Gasteiger partial charge is 0.225 e. The standard InChI is InChI=1S/C11H16ClN3/c1-6(2)10-13-14-11(12)15(10)9-4-7-3-8(7)5-9/h6-9H,3-5H2,1-2H3. The first-order chi connectivity index (χ1) is 7.16. The van der Waals surface area contributed by atoms with E-state index in [2.05, 4.69) is 28.6 Å². The minimum absolute atomic E-state index is 0.405. The van der Waals surface area contributed by atoms with Gasteiger partial charge in [-0.05, 0) is 42.7 Å². The highest BCUT2D eigenvalue weighted by molar-refractivity contribution is 6.28. The lowest BCUT2D eigenvalue weighted by Crippen LogP contribution is -2.12. The summed E-state index contributed by atoms with van der Waals surface area (Å²) in [6, 6.07) is 0.564. The monoisotopic (exact) mass is 225 g/mol. The zero-order chi connectivity index (χ0) is 10.6. The molecule has 0 saturated heterocycles. The van der Waals surface area contributed by atoms with Gasteiger partial charge < -0.3 is 0 Å². The summed E-state index contributed by atoms with van der Waals surface area (Å²) in [5.74, 6) is 3.38. The molecule has 0 aliphatic heterocycles. The SMILES string of the molecule is CC(C)c1nnc(Cl)n1C1CC2CC2C1. The average Bonchev–Trinajstić information content (AvgIpc) is 2.63. The fraction of sp³-hybridized carbons (Fsp3) is 0.818. The third-order valence-corrected chi connectivity index (χ3v) is 4.04. The Morgan fingerprint density at radius 2 is 1.87 bits per heavy atom. The Morgan fingerprint density at radius 1 is 1.20 bits per heavy atom. The van der Waals surface area contributed by atoms with E-state index in [9.17, 15) is 0 Å². The summed E-state index contributed by atoms with van der Waals surface area (Å²) in [5, 5.41) is 8.76. The second-order valence-electron chi connectivity index (χ2n) is 5.23. The maximum absolute atomic E-state index is 6.12. The predicted octanol–water partition coefficient (Wildman–Crippen LogP) is 3.03. The van der Waals surface area contributed by atoms with Gasteiger partial charge in [-0.1, -0.05) is 13.8 Å². The Morgan fingerprint density at radius 3 is 2.47 bits per heavy atom. The molecule has 0 spiro atoms. The summed E-state index contributed by atoms with van der Waals surface area (Å²) in [5.41, 5.74) is 0. The van der Waals surface area contributed by atoms with Gasteiger partial charge in [0.05, 0.1) is 0 Å². The van der Waals surface area contributed by atoms with Crippen LogP contribution in [0.4, 0.5) is 0 Å². The second-order valence-corrected chi connectivity index (χ2v) is 5.57. The van der Waals surface area contributed by atoms with E-state index in [4.69, 9.17) is 11.6 Å². The largest absolute Gasteiger partial charge is 0.298 e. The van der Waals surface area contributed by atoms with E-state index >= 15 is 0 Å². The van der Waals surface area contributed by atoms with Crippen molar-refractivity contribution in [1.29, 1.82) is 0 Å². The molecule has 1 heterocycles. The van der Waals surface area contributed by atoms with Crippen LogP contribution >= 0.6 is 11.6 Å². The van der Waals surface area contributed by atoms with Crippen molar-refractivity contribution >= 4 is 11.6 Å². The minimum Gasteiger partial charge on any atom is -0.298 e. The van der Waals surface area contributed by atoms with Crippen LogP contribution in [-0.2, 0) is 0 Å². The molecule has 0 radical (unpaired) electrons. The van der Waals surface area contributed by atoms with Crippen LogP contribution in [-0.4, -0.2) is 14.8 Å². The minimum atomic E-state index is 0.405. The Balaban J connectivity index is 1.92. The second kappa shape index (κ2) is 3.21. The summed E-state index contributed by atoms with van der Waals surface area (Å²) in [6.07, 6.45) is 4.00. The van der Waals surface area contributed by atoms with Crippen molar-refractivity contribution in [3.63, 3.8) is 0 Å². The molecule has 3 rings (SSSR count).